The molecule has 0 aromatic carbocycles. The van der Waals surface area contributed by atoms with Gasteiger partial charge in [-0.3, -0.25) is 14.6 Å². The maximum absolute atomic E-state index is 12.5. The van der Waals surface area contributed by atoms with Crippen molar-refractivity contribution in [3.05, 3.63) is 35.6 Å². The molecule has 0 bridgehead atoms. The van der Waals surface area contributed by atoms with E-state index in [0.717, 1.165) is 42.1 Å². The smallest absolute Gasteiger partial charge is 0.228 e. The highest BCUT2D eigenvalue weighted by Gasteiger charge is 2.27. The number of nitrogens with one attached hydrogen (secondary N) is 1. The number of thiazole rings is 1. The molecule has 0 aliphatic carbocycles. The van der Waals surface area contributed by atoms with E-state index in [2.05, 4.69) is 15.3 Å². The van der Waals surface area contributed by atoms with Crippen LogP contribution in [0.15, 0.2) is 29.9 Å². The number of hydrogen-bond acceptors (Lipinski definition) is 5. The van der Waals surface area contributed by atoms with Crippen LogP contribution in [0.5, 0.6) is 0 Å². The van der Waals surface area contributed by atoms with Crippen molar-refractivity contribution in [3.8, 4) is 10.6 Å². The van der Waals surface area contributed by atoms with Gasteiger partial charge in [0.1, 0.15) is 5.01 Å². The van der Waals surface area contributed by atoms with Crippen LogP contribution in [-0.2, 0) is 16.0 Å². The second-order valence-electron chi connectivity index (χ2n) is 6.51. The first-order valence-corrected chi connectivity index (χ1v) is 9.95. The first-order chi connectivity index (χ1) is 12.7. The lowest BCUT2D eigenvalue weighted by atomic mass is 9.95. The van der Waals surface area contributed by atoms with E-state index in [4.69, 9.17) is 0 Å². The first-order valence-electron chi connectivity index (χ1n) is 9.07. The van der Waals surface area contributed by atoms with Gasteiger partial charge in [0.15, 0.2) is 0 Å². The fourth-order valence-corrected chi connectivity index (χ4v) is 3.87. The number of nitrogens with zero attached hydrogens (tertiary/aromatic N) is 3. The maximum Gasteiger partial charge on any atom is 0.228 e. The van der Waals surface area contributed by atoms with Crippen LogP contribution >= 0.6 is 11.3 Å². The van der Waals surface area contributed by atoms with Crippen molar-refractivity contribution in [2.45, 2.75) is 32.6 Å². The van der Waals surface area contributed by atoms with Crippen LogP contribution < -0.4 is 5.32 Å². The summed E-state index contributed by atoms with van der Waals surface area (Å²) >= 11 is 1.53. The van der Waals surface area contributed by atoms with Crippen molar-refractivity contribution >= 4 is 23.2 Å². The van der Waals surface area contributed by atoms with Gasteiger partial charge in [-0.15, -0.1) is 11.3 Å². The zero-order valence-corrected chi connectivity index (χ0v) is 15.8. The fourth-order valence-electron chi connectivity index (χ4n) is 3.06. The molecule has 2 aromatic rings. The minimum Gasteiger partial charge on any atom is -0.356 e. The highest BCUT2D eigenvalue weighted by molar-refractivity contribution is 7.13. The van der Waals surface area contributed by atoms with Crippen LogP contribution in [-0.4, -0.2) is 46.3 Å². The van der Waals surface area contributed by atoms with E-state index in [1.54, 1.807) is 12.4 Å². The summed E-state index contributed by atoms with van der Waals surface area (Å²) < 4.78 is 0. The Bertz CT molecular complexity index is 739. The molecule has 2 aromatic heterocycles. The SMILES string of the molecule is CCCNC(=O)C1CCN(C(=O)Cc2csc(-c3cccnc3)n2)CC1. The van der Waals surface area contributed by atoms with Crippen molar-refractivity contribution in [2.75, 3.05) is 19.6 Å². The molecule has 3 heterocycles. The Morgan fingerprint density at radius 2 is 2.15 bits per heavy atom. The Morgan fingerprint density at radius 1 is 1.35 bits per heavy atom. The maximum atomic E-state index is 12.5. The second-order valence-corrected chi connectivity index (χ2v) is 7.37. The number of hydrogen-bond donors (Lipinski definition) is 1. The van der Waals surface area contributed by atoms with Gasteiger partial charge in [-0.25, -0.2) is 4.98 Å². The monoisotopic (exact) mass is 372 g/mol. The first kappa shape index (κ1) is 18.5. The molecule has 7 heteroatoms. The third-order valence-corrected chi connectivity index (χ3v) is 5.50. The normalized spacial score (nSPS) is 15.0. The molecule has 26 heavy (non-hydrogen) atoms. The molecular weight excluding hydrogens is 348 g/mol. The number of rotatable bonds is 6. The summed E-state index contributed by atoms with van der Waals surface area (Å²) in [6.45, 7) is 4.05. The van der Waals surface area contributed by atoms with E-state index in [1.165, 1.54) is 11.3 Å². The second kappa shape index (κ2) is 8.89. The predicted molar refractivity (Wildman–Crippen MR) is 102 cm³/mol. The van der Waals surface area contributed by atoms with E-state index < -0.39 is 0 Å². The van der Waals surface area contributed by atoms with Crippen molar-refractivity contribution in [1.82, 2.24) is 20.2 Å². The lowest BCUT2D eigenvalue weighted by molar-refractivity contribution is -0.135. The van der Waals surface area contributed by atoms with E-state index in [9.17, 15) is 9.59 Å². The number of likely N-dealkylation sites (tertiary alicyclic amines) is 1. The quantitative estimate of drug-likeness (QED) is 0.845. The highest BCUT2D eigenvalue weighted by Crippen LogP contribution is 2.24. The van der Waals surface area contributed by atoms with E-state index in [1.807, 2.05) is 29.3 Å². The molecule has 6 nitrogen and oxygen atoms in total. The van der Waals surface area contributed by atoms with Gasteiger partial charge in [-0.05, 0) is 31.4 Å². The Morgan fingerprint density at radius 3 is 2.85 bits per heavy atom. The molecule has 1 N–H and O–H groups in total. The molecule has 2 amide bonds. The van der Waals surface area contributed by atoms with Gasteiger partial charge in [0.25, 0.3) is 0 Å². The molecule has 0 atom stereocenters. The van der Waals surface area contributed by atoms with E-state index >= 15 is 0 Å². The van der Waals surface area contributed by atoms with Crippen LogP contribution in [0, 0.1) is 5.92 Å². The molecule has 138 valence electrons. The summed E-state index contributed by atoms with van der Waals surface area (Å²) in [5.74, 6) is 0.238. The summed E-state index contributed by atoms with van der Waals surface area (Å²) in [6.07, 6.45) is 6.23. The summed E-state index contributed by atoms with van der Waals surface area (Å²) in [7, 11) is 0. The van der Waals surface area contributed by atoms with Gasteiger partial charge < -0.3 is 10.2 Å². The molecule has 1 aliphatic rings. The number of amides is 2. The third kappa shape index (κ3) is 4.66. The lowest BCUT2D eigenvalue weighted by Gasteiger charge is -2.31. The standard InChI is InChI=1S/C19H24N4O2S/c1-2-7-21-18(25)14-5-9-23(10-6-14)17(24)11-16-13-26-19(22-16)15-4-3-8-20-12-15/h3-4,8,12-14H,2,5-7,9-11H2,1H3,(H,21,25). The van der Waals surface area contributed by atoms with Gasteiger partial charge in [-0.1, -0.05) is 6.92 Å². The molecule has 0 unspecified atom stereocenters. The largest absolute Gasteiger partial charge is 0.356 e. The Kier molecular flexibility index (Phi) is 6.33. The van der Waals surface area contributed by atoms with Crippen molar-refractivity contribution in [2.24, 2.45) is 5.92 Å². The van der Waals surface area contributed by atoms with Gasteiger partial charge in [0, 0.05) is 48.9 Å². The minimum absolute atomic E-state index is 0.0297. The van der Waals surface area contributed by atoms with Crippen molar-refractivity contribution < 1.29 is 9.59 Å². The summed E-state index contributed by atoms with van der Waals surface area (Å²) in [5, 5.41) is 5.77. The molecule has 0 radical (unpaired) electrons. The molecular formula is C19H24N4O2S. The molecule has 1 aliphatic heterocycles. The van der Waals surface area contributed by atoms with Crippen LogP contribution in [0.3, 0.4) is 0 Å². The van der Waals surface area contributed by atoms with Gasteiger partial charge in [0.05, 0.1) is 12.1 Å². The van der Waals surface area contributed by atoms with Gasteiger partial charge in [0.2, 0.25) is 11.8 Å². The third-order valence-electron chi connectivity index (χ3n) is 4.56. The average molecular weight is 372 g/mol. The van der Waals surface area contributed by atoms with Gasteiger partial charge >= 0.3 is 0 Å². The number of aromatic nitrogens is 2. The molecule has 1 fully saturated rings. The van der Waals surface area contributed by atoms with Crippen LogP contribution in [0.4, 0.5) is 0 Å². The van der Waals surface area contributed by atoms with Crippen LogP contribution in [0.2, 0.25) is 0 Å². The molecule has 0 saturated carbocycles. The number of pyridine rings is 1. The fraction of sp³-hybridized carbons (Fsp3) is 0.474. The minimum atomic E-state index is 0.0297. The van der Waals surface area contributed by atoms with Crippen molar-refractivity contribution in [3.63, 3.8) is 0 Å². The summed E-state index contributed by atoms with van der Waals surface area (Å²) in [4.78, 5) is 35.1. The lowest BCUT2D eigenvalue weighted by Crippen LogP contribution is -2.43. The molecule has 0 spiro atoms. The summed E-state index contributed by atoms with van der Waals surface area (Å²) in [6, 6.07) is 3.84. The number of carbonyl (C=O) groups excluding carboxylic acids is 2. The zero-order chi connectivity index (χ0) is 18.4. The van der Waals surface area contributed by atoms with Crippen molar-refractivity contribution in [1.29, 1.82) is 0 Å². The number of piperidine rings is 1. The molecule has 1 saturated heterocycles. The van der Waals surface area contributed by atoms with Crippen LogP contribution in [0.25, 0.3) is 10.6 Å². The average Bonchev–Trinajstić information content (AvgIpc) is 3.15. The summed E-state index contributed by atoms with van der Waals surface area (Å²) in [5.41, 5.74) is 1.76. The van der Waals surface area contributed by atoms with Gasteiger partial charge in [-0.2, -0.15) is 0 Å². The van der Waals surface area contributed by atoms with E-state index in [0.29, 0.717) is 19.5 Å². The number of carbonyl (C=O) groups is 2. The van der Waals surface area contributed by atoms with Crippen LogP contribution in [0.1, 0.15) is 31.9 Å². The Balaban J connectivity index is 1.50. The molecule has 3 rings (SSSR count). The highest BCUT2D eigenvalue weighted by atomic mass is 32.1. The Hall–Kier alpha value is -2.28. The Labute approximate surface area is 157 Å². The zero-order valence-electron chi connectivity index (χ0n) is 15.0. The topological polar surface area (TPSA) is 75.2 Å². The van der Waals surface area contributed by atoms with E-state index in [-0.39, 0.29) is 17.7 Å². The predicted octanol–water partition coefficient (Wildman–Crippen LogP) is 2.51.